The maximum absolute atomic E-state index is 13.0. The molecule has 0 radical (unpaired) electrons. The van der Waals surface area contributed by atoms with Crippen LogP contribution in [0.4, 0.5) is 10.2 Å². The monoisotopic (exact) mass is 209 g/mol. The van der Waals surface area contributed by atoms with Crippen molar-refractivity contribution in [3.63, 3.8) is 0 Å². The molecule has 0 unspecified atom stereocenters. The van der Waals surface area contributed by atoms with Crippen LogP contribution in [0.5, 0.6) is 0 Å². The van der Waals surface area contributed by atoms with Crippen LogP contribution >= 0.6 is 0 Å². The van der Waals surface area contributed by atoms with Crippen molar-refractivity contribution >= 4 is 5.82 Å². The molecule has 15 heavy (non-hydrogen) atoms. The molecule has 2 N–H and O–H groups in total. The van der Waals surface area contributed by atoms with Gasteiger partial charge in [-0.2, -0.15) is 0 Å². The molecule has 2 rings (SSSR count). The molecule has 1 saturated carbocycles. The SMILES string of the molecule is CCN(c1ncc(F)cc1CN)C1CC1. The third-order valence-corrected chi connectivity index (χ3v) is 2.73. The molecule has 1 heterocycles. The first-order valence-electron chi connectivity index (χ1n) is 5.37. The van der Waals surface area contributed by atoms with E-state index in [1.807, 2.05) is 0 Å². The summed E-state index contributed by atoms with van der Waals surface area (Å²) in [5.41, 5.74) is 6.39. The van der Waals surface area contributed by atoms with E-state index < -0.39 is 0 Å². The second kappa shape index (κ2) is 4.14. The summed E-state index contributed by atoms with van der Waals surface area (Å²) < 4.78 is 13.0. The average molecular weight is 209 g/mol. The lowest BCUT2D eigenvalue weighted by atomic mass is 10.2. The fourth-order valence-electron chi connectivity index (χ4n) is 1.85. The van der Waals surface area contributed by atoms with Gasteiger partial charge in [0.05, 0.1) is 6.20 Å². The number of hydrogen-bond acceptors (Lipinski definition) is 3. The zero-order chi connectivity index (χ0) is 10.8. The van der Waals surface area contributed by atoms with Gasteiger partial charge in [0.15, 0.2) is 0 Å². The van der Waals surface area contributed by atoms with Crippen molar-refractivity contribution in [3.05, 3.63) is 23.6 Å². The molecule has 1 aliphatic carbocycles. The third kappa shape index (κ3) is 2.09. The van der Waals surface area contributed by atoms with Gasteiger partial charge in [-0.25, -0.2) is 9.37 Å². The minimum Gasteiger partial charge on any atom is -0.354 e. The van der Waals surface area contributed by atoms with Crippen LogP contribution in [0.25, 0.3) is 0 Å². The van der Waals surface area contributed by atoms with Crippen LogP contribution in [0.3, 0.4) is 0 Å². The molecule has 3 nitrogen and oxygen atoms in total. The number of nitrogens with two attached hydrogens (primary N) is 1. The number of anilines is 1. The topological polar surface area (TPSA) is 42.2 Å². The zero-order valence-electron chi connectivity index (χ0n) is 8.91. The van der Waals surface area contributed by atoms with E-state index >= 15 is 0 Å². The van der Waals surface area contributed by atoms with Crippen molar-refractivity contribution in [1.82, 2.24) is 4.98 Å². The van der Waals surface area contributed by atoms with Crippen LogP contribution in [0.2, 0.25) is 0 Å². The minimum absolute atomic E-state index is 0.314. The van der Waals surface area contributed by atoms with Crippen LogP contribution in [-0.4, -0.2) is 17.6 Å². The van der Waals surface area contributed by atoms with E-state index in [1.165, 1.54) is 25.1 Å². The molecule has 82 valence electrons. The zero-order valence-corrected chi connectivity index (χ0v) is 8.91. The summed E-state index contributed by atoms with van der Waals surface area (Å²) in [4.78, 5) is 6.36. The lowest BCUT2D eigenvalue weighted by Gasteiger charge is -2.23. The molecule has 1 aromatic rings. The van der Waals surface area contributed by atoms with Crippen molar-refractivity contribution in [2.45, 2.75) is 32.4 Å². The Labute approximate surface area is 89.1 Å². The summed E-state index contributed by atoms with van der Waals surface area (Å²) in [7, 11) is 0. The second-order valence-corrected chi connectivity index (χ2v) is 3.86. The van der Waals surface area contributed by atoms with Gasteiger partial charge in [-0.15, -0.1) is 0 Å². The lowest BCUT2D eigenvalue weighted by molar-refractivity contribution is 0.616. The maximum atomic E-state index is 13.0. The molecule has 0 saturated heterocycles. The Kier molecular flexibility index (Phi) is 2.86. The third-order valence-electron chi connectivity index (χ3n) is 2.73. The van der Waals surface area contributed by atoms with Gasteiger partial charge in [0.25, 0.3) is 0 Å². The van der Waals surface area contributed by atoms with Crippen molar-refractivity contribution < 1.29 is 4.39 Å². The first-order valence-corrected chi connectivity index (χ1v) is 5.37. The molecule has 1 fully saturated rings. The average Bonchev–Trinajstić information content (AvgIpc) is 3.05. The fraction of sp³-hybridized carbons (Fsp3) is 0.545. The molecule has 0 aliphatic heterocycles. The van der Waals surface area contributed by atoms with E-state index in [4.69, 9.17) is 5.73 Å². The number of pyridine rings is 1. The molecule has 4 heteroatoms. The Bertz CT molecular complexity index is 350. The first-order chi connectivity index (χ1) is 7.26. The molecular weight excluding hydrogens is 193 g/mol. The molecule has 0 spiro atoms. The van der Waals surface area contributed by atoms with Crippen molar-refractivity contribution in [1.29, 1.82) is 0 Å². The van der Waals surface area contributed by atoms with E-state index in [0.717, 1.165) is 17.9 Å². The van der Waals surface area contributed by atoms with Gasteiger partial charge < -0.3 is 10.6 Å². The number of rotatable bonds is 4. The van der Waals surface area contributed by atoms with E-state index in [9.17, 15) is 4.39 Å². The minimum atomic E-state index is -0.314. The predicted octanol–water partition coefficient (Wildman–Crippen LogP) is 1.67. The highest BCUT2D eigenvalue weighted by molar-refractivity contribution is 5.48. The molecule has 0 amide bonds. The highest BCUT2D eigenvalue weighted by Gasteiger charge is 2.29. The smallest absolute Gasteiger partial charge is 0.141 e. The van der Waals surface area contributed by atoms with E-state index in [2.05, 4.69) is 16.8 Å². The Balaban J connectivity index is 2.32. The van der Waals surface area contributed by atoms with E-state index in [1.54, 1.807) is 0 Å². The number of halogens is 1. The predicted molar refractivity (Wildman–Crippen MR) is 58.1 cm³/mol. The normalized spacial score (nSPS) is 15.4. The summed E-state index contributed by atoms with van der Waals surface area (Å²) in [6, 6.07) is 2.06. The molecule has 0 atom stereocenters. The van der Waals surface area contributed by atoms with E-state index in [-0.39, 0.29) is 5.82 Å². The van der Waals surface area contributed by atoms with Crippen LogP contribution in [0.15, 0.2) is 12.3 Å². The highest BCUT2D eigenvalue weighted by atomic mass is 19.1. The fourth-order valence-corrected chi connectivity index (χ4v) is 1.85. The quantitative estimate of drug-likeness (QED) is 0.820. The molecule has 1 aromatic heterocycles. The van der Waals surface area contributed by atoms with Crippen LogP contribution < -0.4 is 10.6 Å². The molecule has 1 aliphatic rings. The lowest BCUT2D eigenvalue weighted by Crippen LogP contribution is -2.27. The highest BCUT2D eigenvalue weighted by Crippen LogP contribution is 2.32. The van der Waals surface area contributed by atoms with Gasteiger partial charge in [0, 0.05) is 24.7 Å². The summed E-state index contributed by atoms with van der Waals surface area (Å²) in [6.45, 7) is 3.32. The Morgan fingerprint density at radius 3 is 2.87 bits per heavy atom. The van der Waals surface area contributed by atoms with Gasteiger partial charge in [-0.1, -0.05) is 0 Å². The maximum Gasteiger partial charge on any atom is 0.141 e. The van der Waals surface area contributed by atoms with Crippen molar-refractivity contribution in [2.75, 3.05) is 11.4 Å². The Morgan fingerprint density at radius 1 is 1.60 bits per heavy atom. The van der Waals surface area contributed by atoms with Crippen LogP contribution in [0, 0.1) is 5.82 Å². The summed E-state index contributed by atoms with van der Waals surface area (Å²) in [6.07, 6.45) is 3.67. The Hall–Kier alpha value is -1.16. The van der Waals surface area contributed by atoms with Gasteiger partial charge in [0.1, 0.15) is 11.6 Å². The van der Waals surface area contributed by atoms with Crippen LogP contribution in [-0.2, 0) is 6.54 Å². The van der Waals surface area contributed by atoms with Crippen molar-refractivity contribution in [2.24, 2.45) is 5.73 Å². The number of hydrogen-bond donors (Lipinski definition) is 1. The van der Waals surface area contributed by atoms with Gasteiger partial charge in [0.2, 0.25) is 0 Å². The molecule has 0 bridgehead atoms. The number of nitrogens with zero attached hydrogens (tertiary/aromatic N) is 2. The van der Waals surface area contributed by atoms with Crippen molar-refractivity contribution in [3.8, 4) is 0 Å². The largest absolute Gasteiger partial charge is 0.354 e. The van der Waals surface area contributed by atoms with E-state index in [0.29, 0.717) is 12.6 Å². The summed E-state index contributed by atoms with van der Waals surface area (Å²) in [5.74, 6) is 0.537. The second-order valence-electron chi connectivity index (χ2n) is 3.86. The van der Waals surface area contributed by atoms with Gasteiger partial charge in [-0.3, -0.25) is 0 Å². The molecular formula is C11H16FN3. The van der Waals surface area contributed by atoms with Crippen LogP contribution in [0.1, 0.15) is 25.3 Å². The van der Waals surface area contributed by atoms with Gasteiger partial charge >= 0.3 is 0 Å². The molecule has 0 aromatic carbocycles. The first kappa shape index (κ1) is 10.4. The number of aromatic nitrogens is 1. The standard InChI is InChI=1S/C11H16FN3/c1-2-15(10-3-4-10)11-8(6-13)5-9(12)7-14-11/h5,7,10H,2-4,6,13H2,1H3. The Morgan fingerprint density at radius 2 is 2.33 bits per heavy atom. The van der Waals surface area contributed by atoms with Gasteiger partial charge in [-0.05, 0) is 25.8 Å². The summed E-state index contributed by atoms with van der Waals surface area (Å²) >= 11 is 0. The summed E-state index contributed by atoms with van der Waals surface area (Å²) in [5, 5.41) is 0.